The van der Waals surface area contributed by atoms with Gasteiger partial charge in [0.15, 0.2) is 0 Å². The molecule has 0 unspecified atom stereocenters. The summed E-state index contributed by atoms with van der Waals surface area (Å²) in [5, 5.41) is 0. The Balaban J connectivity index is 1.64. The van der Waals surface area contributed by atoms with Crippen molar-refractivity contribution in [2.45, 2.75) is 43.2 Å². The van der Waals surface area contributed by atoms with E-state index in [1.807, 2.05) is 0 Å². The second kappa shape index (κ2) is 3.38. The first-order valence-electron chi connectivity index (χ1n) is 8.64. The first-order chi connectivity index (χ1) is 10.4. The Bertz CT molecular complexity index is 638. The zero-order valence-corrected chi connectivity index (χ0v) is 12.5. The molecule has 0 aromatic heterocycles. The van der Waals surface area contributed by atoms with Gasteiger partial charge in [0, 0.05) is 36.2 Å². The van der Waals surface area contributed by atoms with Crippen molar-refractivity contribution in [3.63, 3.8) is 0 Å². The van der Waals surface area contributed by atoms with Crippen LogP contribution in [0.1, 0.15) is 37.2 Å². The second-order valence-corrected chi connectivity index (χ2v) is 7.83. The van der Waals surface area contributed by atoms with Crippen LogP contribution in [0.2, 0.25) is 0 Å². The van der Waals surface area contributed by atoms with E-state index in [1.165, 1.54) is 45.3 Å². The van der Waals surface area contributed by atoms with E-state index in [-0.39, 0.29) is 0 Å². The largest absolute Gasteiger partial charge is 0.363 e. The summed E-state index contributed by atoms with van der Waals surface area (Å²) in [7, 11) is 0. The van der Waals surface area contributed by atoms with E-state index in [9.17, 15) is 0 Å². The number of hydrogen-bond acceptors (Lipinski definition) is 2. The summed E-state index contributed by atoms with van der Waals surface area (Å²) in [6, 6.07) is 10.1. The first kappa shape index (κ1) is 11.3. The van der Waals surface area contributed by atoms with Crippen LogP contribution >= 0.6 is 0 Å². The molecular weight excluding hydrogens is 256 g/mol. The minimum absolute atomic E-state index is 0.422. The molecule has 2 nitrogen and oxygen atoms in total. The highest BCUT2D eigenvalue weighted by Crippen LogP contribution is 2.68. The number of fused-ring (bicyclic) bond motifs is 3. The zero-order chi connectivity index (χ0) is 13.7. The molecule has 2 saturated heterocycles. The minimum atomic E-state index is 0.422. The normalized spacial score (nSPS) is 45.6. The van der Waals surface area contributed by atoms with Crippen molar-refractivity contribution in [2.24, 2.45) is 5.41 Å². The smallest absolute Gasteiger partial charge is 0.0635 e. The van der Waals surface area contributed by atoms with Gasteiger partial charge in [-0.2, -0.15) is 0 Å². The van der Waals surface area contributed by atoms with E-state index in [0.29, 0.717) is 11.0 Å². The van der Waals surface area contributed by atoms with Crippen LogP contribution in [-0.4, -0.2) is 36.1 Å². The molecule has 108 valence electrons. The number of anilines is 1. The standard InChI is InChI=1S/C19H22N2/c1-2-5-16-14(4-1)15-6-12-20-11-3-7-18-8-9-19(15,17(18)20)21(16)13-10-18/h1-5,7,15,17H,6,8-13H2/t15-,17-,18-,19+/m0/s1. The third-order valence-corrected chi connectivity index (χ3v) is 7.38. The summed E-state index contributed by atoms with van der Waals surface area (Å²) in [5.41, 5.74) is 4.14. The molecule has 4 heterocycles. The van der Waals surface area contributed by atoms with Crippen molar-refractivity contribution >= 4 is 5.69 Å². The second-order valence-electron chi connectivity index (χ2n) is 7.83. The summed E-state index contributed by atoms with van der Waals surface area (Å²) in [4.78, 5) is 5.66. The number of para-hydroxylation sites is 1. The van der Waals surface area contributed by atoms with Gasteiger partial charge in [0.05, 0.1) is 5.54 Å². The van der Waals surface area contributed by atoms with E-state index in [2.05, 4.69) is 46.2 Å². The average molecular weight is 278 g/mol. The fraction of sp³-hybridized carbons (Fsp3) is 0.579. The van der Waals surface area contributed by atoms with Crippen LogP contribution in [-0.2, 0) is 0 Å². The van der Waals surface area contributed by atoms with Crippen molar-refractivity contribution < 1.29 is 0 Å². The quantitative estimate of drug-likeness (QED) is 0.673. The van der Waals surface area contributed by atoms with Crippen LogP contribution in [0.5, 0.6) is 0 Å². The highest BCUT2D eigenvalue weighted by atomic mass is 15.4. The maximum atomic E-state index is 2.84. The van der Waals surface area contributed by atoms with Crippen molar-refractivity contribution in [1.82, 2.24) is 4.90 Å². The molecule has 21 heavy (non-hydrogen) atoms. The first-order valence-corrected chi connectivity index (χ1v) is 8.64. The van der Waals surface area contributed by atoms with Crippen LogP contribution in [0.15, 0.2) is 36.4 Å². The number of benzene rings is 1. The van der Waals surface area contributed by atoms with Crippen LogP contribution in [0.25, 0.3) is 0 Å². The minimum Gasteiger partial charge on any atom is -0.363 e. The van der Waals surface area contributed by atoms with Gasteiger partial charge in [-0.05, 0) is 43.9 Å². The number of hydrogen-bond donors (Lipinski definition) is 0. The van der Waals surface area contributed by atoms with Crippen LogP contribution in [0.4, 0.5) is 5.69 Å². The molecule has 3 fully saturated rings. The van der Waals surface area contributed by atoms with Crippen molar-refractivity contribution in [3.8, 4) is 0 Å². The van der Waals surface area contributed by atoms with Gasteiger partial charge in [-0.15, -0.1) is 0 Å². The van der Waals surface area contributed by atoms with Crippen LogP contribution < -0.4 is 4.90 Å². The van der Waals surface area contributed by atoms with E-state index >= 15 is 0 Å². The third-order valence-electron chi connectivity index (χ3n) is 7.38. The van der Waals surface area contributed by atoms with E-state index in [0.717, 1.165) is 12.0 Å². The van der Waals surface area contributed by atoms with Gasteiger partial charge in [0.25, 0.3) is 0 Å². The topological polar surface area (TPSA) is 6.48 Å². The summed E-state index contributed by atoms with van der Waals surface area (Å²) >= 11 is 0. The molecule has 0 amide bonds. The Morgan fingerprint density at radius 2 is 2.00 bits per heavy atom. The Kier molecular flexibility index (Phi) is 1.82. The zero-order valence-electron chi connectivity index (χ0n) is 12.5. The maximum absolute atomic E-state index is 2.84. The molecule has 1 aromatic rings. The SMILES string of the molecule is C1=C[C@]23CCN4c5ccccc5[C@@H]5CCN(C1)[C@@H]2[C@@]54CC3. The average Bonchev–Trinajstić information content (AvgIpc) is 2.97. The van der Waals surface area contributed by atoms with Gasteiger partial charge < -0.3 is 4.90 Å². The molecule has 1 spiro atoms. The lowest BCUT2D eigenvalue weighted by molar-refractivity contribution is 0.00769. The van der Waals surface area contributed by atoms with E-state index in [4.69, 9.17) is 0 Å². The third kappa shape index (κ3) is 1.05. The highest BCUT2D eigenvalue weighted by molar-refractivity contribution is 5.67. The van der Waals surface area contributed by atoms with Gasteiger partial charge in [0.2, 0.25) is 0 Å². The van der Waals surface area contributed by atoms with Crippen molar-refractivity contribution in [3.05, 3.63) is 42.0 Å². The lowest BCUT2D eigenvalue weighted by atomic mass is 9.63. The lowest BCUT2D eigenvalue weighted by Crippen LogP contribution is -2.70. The molecule has 0 radical (unpaired) electrons. The molecular formula is C19H22N2. The summed E-state index contributed by atoms with van der Waals surface area (Å²) in [5.74, 6) is 0.781. The van der Waals surface area contributed by atoms with E-state index < -0.39 is 0 Å². The Morgan fingerprint density at radius 1 is 1.05 bits per heavy atom. The Hall–Kier alpha value is -1.28. The summed E-state index contributed by atoms with van der Waals surface area (Å²) in [6.07, 6.45) is 10.6. The molecule has 1 aliphatic carbocycles. The van der Waals surface area contributed by atoms with Crippen molar-refractivity contribution in [1.29, 1.82) is 0 Å². The van der Waals surface area contributed by atoms with Gasteiger partial charge in [-0.1, -0.05) is 30.4 Å². The van der Waals surface area contributed by atoms with Gasteiger partial charge in [-0.25, -0.2) is 0 Å². The molecule has 6 rings (SSSR count). The van der Waals surface area contributed by atoms with Gasteiger partial charge in [0.1, 0.15) is 0 Å². The number of piperidine rings is 2. The molecule has 1 saturated carbocycles. The van der Waals surface area contributed by atoms with Crippen LogP contribution in [0, 0.1) is 5.41 Å². The molecule has 4 atom stereocenters. The molecule has 2 heteroatoms. The molecule has 1 aromatic carbocycles. The maximum Gasteiger partial charge on any atom is 0.0635 e. The monoisotopic (exact) mass is 278 g/mol. The molecule has 2 bridgehead atoms. The highest BCUT2D eigenvalue weighted by Gasteiger charge is 2.70. The Morgan fingerprint density at radius 3 is 3.00 bits per heavy atom. The van der Waals surface area contributed by atoms with Crippen LogP contribution in [0.3, 0.4) is 0 Å². The summed E-state index contributed by atoms with van der Waals surface area (Å²) < 4.78 is 0. The van der Waals surface area contributed by atoms with E-state index in [1.54, 1.807) is 11.3 Å². The molecule has 4 aliphatic heterocycles. The van der Waals surface area contributed by atoms with Gasteiger partial charge in [-0.3, -0.25) is 4.90 Å². The molecule has 0 N–H and O–H groups in total. The Labute approximate surface area is 126 Å². The lowest BCUT2D eigenvalue weighted by Gasteiger charge is -2.60. The summed E-state index contributed by atoms with van der Waals surface area (Å²) in [6.45, 7) is 3.75. The fourth-order valence-corrected chi connectivity index (χ4v) is 6.86. The van der Waals surface area contributed by atoms with Gasteiger partial charge >= 0.3 is 0 Å². The predicted molar refractivity (Wildman–Crippen MR) is 84.7 cm³/mol. The fourth-order valence-electron chi connectivity index (χ4n) is 6.86. The molecule has 5 aliphatic rings. The number of rotatable bonds is 0. The number of nitrogens with zero attached hydrogens (tertiary/aromatic N) is 2. The van der Waals surface area contributed by atoms with Crippen molar-refractivity contribution in [2.75, 3.05) is 24.5 Å². The predicted octanol–water partition coefficient (Wildman–Crippen LogP) is 3.16.